The predicted octanol–water partition coefficient (Wildman–Crippen LogP) is 2.45. The van der Waals surface area contributed by atoms with Crippen molar-refractivity contribution >= 4 is 11.8 Å². The van der Waals surface area contributed by atoms with Gasteiger partial charge in [-0.25, -0.2) is 0 Å². The summed E-state index contributed by atoms with van der Waals surface area (Å²) in [6, 6.07) is 0. The number of hydrogen-bond donors (Lipinski definition) is 0. The van der Waals surface area contributed by atoms with Gasteiger partial charge in [-0.3, -0.25) is 0 Å². The number of aromatic nitrogens is 2. The van der Waals surface area contributed by atoms with Crippen LogP contribution in [0.15, 0.2) is 4.52 Å². The second-order valence-electron chi connectivity index (χ2n) is 4.22. The maximum Gasteiger partial charge on any atom is 0.236 e. The van der Waals surface area contributed by atoms with Gasteiger partial charge < -0.3 is 4.52 Å². The van der Waals surface area contributed by atoms with E-state index in [4.69, 9.17) is 4.52 Å². The summed E-state index contributed by atoms with van der Waals surface area (Å²) in [6.45, 7) is 4.48. The van der Waals surface area contributed by atoms with Crippen LogP contribution in [0.3, 0.4) is 0 Å². The highest BCUT2D eigenvalue weighted by molar-refractivity contribution is 7.97. The van der Waals surface area contributed by atoms with Crippen molar-refractivity contribution in [1.29, 1.82) is 0 Å². The molecule has 0 N–H and O–H groups in total. The number of rotatable bonds is 3. The summed E-state index contributed by atoms with van der Waals surface area (Å²) >= 11 is 1.70. The van der Waals surface area contributed by atoms with Crippen LogP contribution in [-0.4, -0.2) is 16.4 Å². The van der Waals surface area contributed by atoms with E-state index in [2.05, 4.69) is 24.0 Å². The monoisotopic (exact) mass is 198 g/mol. The Morgan fingerprint density at radius 2 is 2.31 bits per heavy atom. The van der Waals surface area contributed by atoms with Gasteiger partial charge in [0.1, 0.15) is 0 Å². The minimum atomic E-state index is 0.389. The molecule has 4 heteroatoms. The highest BCUT2D eigenvalue weighted by Crippen LogP contribution is 2.57. The largest absolute Gasteiger partial charge is 0.338 e. The van der Waals surface area contributed by atoms with Gasteiger partial charge in [0.05, 0.1) is 5.75 Å². The van der Waals surface area contributed by atoms with Crippen molar-refractivity contribution in [2.75, 3.05) is 6.26 Å². The lowest BCUT2D eigenvalue weighted by Gasteiger charge is -1.95. The van der Waals surface area contributed by atoms with Gasteiger partial charge in [-0.05, 0) is 18.1 Å². The van der Waals surface area contributed by atoms with Crippen LogP contribution in [0.2, 0.25) is 0 Å². The smallest absolute Gasteiger partial charge is 0.236 e. The van der Waals surface area contributed by atoms with Gasteiger partial charge in [0.15, 0.2) is 5.82 Å². The van der Waals surface area contributed by atoms with Crippen LogP contribution in [0.5, 0.6) is 0 Å². The number of thioether (sulfide) groups is 1. The molecular formula is C9H14N2OS. The van der Waals surface area contributed by atoms with Gasteiger partial charge in [-0.1, -0.05) is 19.0 Å². The normalized spacial score (nSPS) is 24.7. The first-order chi connectivity index (χ1) is 6.13. The average molecular weight is 198 g/mol. The van der Waals surface area contributed by atoms with E-state index < -0.39 is 0 Å². The van der Waals surface area contributed by atoms with Crippen LogP contribution in [0, 0.1) is 5.41 Å². The highest BCUT2D eigenvalue weighted by Gasteiger charge is 2.49. The fourth-order valence-corrected chi connectivity index (χ4v) is 1.86. The van der Waals surface area contributed by atoms with Crippen molar-refractivity contribution in [1.82, 2.24) is 10.1 Å². The first kappa shape index (κ1) is 9.06. The van der Waals surface area contributed by atoms with E-state index in [1.54, 1.807) is 11.8 Å². The molecule has 0 amide bonds. The number of hydrogen-bond acceptors (Lipinski definition) is 4. The second-order valence-corrected chi connectivity index (χ2v) is 5.09. The molecule has 72 valence electrons. The van der Waals surface area contributed by atoms with Crippen molar-refractivity contribution in [3.05, 3.63) is 11.7 Å². The van der Waals surface area contributed by atoms with E-state index in [-0.39, 0.29) is 0 Å². The van der Waals surface area contributed by atoms with E-state index in [0.717, 1.165) is 17.5 Å². The minimum absolute atomic E-state index is 0.389. The molecule has 0 bridgehead atoms. The summed E-state index contributed by atoms with van der Waals surface area (Å²) < 4.78 is 5.12. The molecular weight excluding hydrogens is 184 g/mol. The lowest BCUT2D eigenvalue weighted by atomic mass is 10.1. The summed E-state index contributed by atoms with van der Waals surface area (Å²) in [7, 11) is 0. The fraction of sp³-hybridized carbons (Fsp3) is 0.778. The third-order valence-electron chi connectivity index (χ3n) is 2.58. The molecule has 3 nitrogen and oxygen atoms in total. The van der Waals surface area contributed by atoms with Crippen LogP contribution in [0.25, 0.3) is 0 Å². The maximum absolute atomic E-state index is 5.12. The molecule has 0 spiro atoms. The van der Waals surface area contributed by atoms with Gasteiger partial charge in [0.2, 0.25) is 5.89 Å². The van der Waals surface area contributed by atoms with Crippen molar-refractivity contribution in [3.8, 4) is 0 Å². The van der Waals surface area contributed by atoms with Gasteiger partial charge in [0.25, 0.3) is 0 Å². The van der Waals surface area contributed by atoms with Gasteiger partial charge in [-0.15, -0.1) is 0 Å². The lowest BCUT2D eigenvalue weighted by molar-refractivity contribution is 0.383. The molecule has 0 saturated heterocycles. The summed E-state index contributed by atoms with van der Waals surface area (Å²) in [6.07, 6.45) is 3.22. The van der Waals surface area contributed by atoms with E-state index in [9.17, 15) is 0 Å². The summed E-state index contributed by atoms with van der Waals surface area (Å²) in [5, 5.41) is 3.99. The number of nitrogens with zero attached hydrogens (tertiary/aromatic N) is 2. The maximum atomic E-state index is 5.12. The molecule has 1 aliphatic rings. The lowest BCUT2D eigenvalue weighted by Crippen LogP contribution is -1.92. The zero-order chi connectivity index (χ0) is 9.47. The topological polar surface area (TPSA) is 38.9 Å². The Labute approximate surface area is 82.3 Å². The molecule has 1 aromatic rings. The molecule has 1 atom stereocenters. The second kappa shape index (κ2) is 3.01. The predicted molar refractivity (Wildman–Crippen MR) is 52.7 cm³/mol. The molecule has 1 aromatic heterocycles. The van der Waals surface area contributed by atoms with Crippen LogP contribution in [0.1, 0.15) is 37.9 Å². The quantitative estimate of drug-likeness (QED) is 0.747. The van der Waals surface area contributed by atoms with Crippen molar-refractivity contribution in [3.63, 3.8) is 0 Å². The van der Waals surface area contributed by atoms with Crippen molar-refractivity contribution in [2.45, 2.75) is 31.9 Å². The minimum Gasteiger partial charge on any atom is -0.338 e. The van der Waals surface area contributed by atoms with E-state index >= 15 is 0 Å². The standard InChI is InChI=1S/C9H14N2OS/c1-9(2)4-6(9)8-10-7(5-13-3)12-11-8/h6H,4-5H2,1-3H3. The molecule has 0 aromatic carbocycles. The van der Waals surface area contributed by atoms with Gasteiger partial charge in [-0.2, -0.15) is 16.7 Å². The van der Waals surface area contributed by atoms with Gasteiger partial charge in [0, 0.05) is 5.92 Å². The Bertz CT molecular complexity index is 308. The molecule has 1 fully saturated rings. The summed E-state index contributed by atoms with van der Waals surface area (Å²) in [4.78, 5) is 4.36. The van der Waals surface area contributed by atoms with Crippen LogP contribution in [0.4, 0.5) is 0 Å². The van der Waals surface area contributed by atoms with Gasteiger partial charge >= 0.3 is 0 Å². The first-order valence-corrected chi connectivity index (χ1v) is 5.84. The Hall–Kier alpha value is -0.510. The van der Waals surface area contributed by atoms with Crippen LogP contribution in [-0.2, 0) is 5.75 Å². The summed E-state index contributed by atoms with van der Waals surface area (Å²) in [5.41, 5.74) is 0.389. The molecule has 0 aliphatic heterocycles. The molecule has 1 aliphatic carbocycles. The van der Waals surface area contributed by atoms with E-state index in [1.165, 1.54) is 6.42 Å². The Balaban J connectivity index is 2.07. The Kier molecular flexibility index (Phi) is 2.10. The van der Waals surface area contributed by atoms with Crippen molar-refractivity contribution in [2.24, 2.45) is 5.41 Å². The highest BCUT2D eigenvalue weighted by atomic mass is 32.2. The molecule has 1 heterocycles. The summed E-state index contributed by atoms with van der Waals surface area (Å²) in [5.74, 6) is 2.99. The Morgan fingerprint density at radius 3 is 2.85 bits per heavy atom. The Morgan fingerprint density at radius 1 is 1.62 bits per heavy atom. The molecule has 13 heavy (non-hydrogen) atoms. The average Bonchev–Trinajstić information content (AvgIpc) is 2.52. The van der Waals surface area contributed by atoms with E-state index in [1.807, 2.05) is 6.26 Å². The van der Waals surface area contributed by atoms with Crippen LogP contribution < -0.4 is 0 Å². The zero-order valence-corrected chi connectivity index (χ0v) is 9.02. The fourth-order valence-electron chi connectivity index (χ4n) is 1.50. The third-order valence-corrected chi connectivity index (χ3v) is 3.11. The molecule has 2 rings (SSSR count). The SMILES string of the molecule is CSCc1nc(C2CC2(C)C)no1. The van der Waals surface area contributed by atoms with Crippen LogP contribution >= 0.6 is 11.8 Å². The first-order valence-electron chi connectivity index (χ1n) is 4.45. The molecule has 1 saturated carbocycles. The van der Waals surface area contributed by atoms with Crippen molar-refractivity contribution < 1.29 is 4.52 Å². The molecule has 1 unspecified atom stereocenters. The molecule has 0 radical (unpaired) electrons. The zero-order valence-electron chi connectivity index (χ0n) is 8.20. The van der Waals surface area contributed by atoms with E-state index in [0.29, 0.717) is 11.3 Å². The third kappa shape index (κ3) is 1.73.